The van der Waals surface area contributed by atoms with Crippen LogP contribution >= 0.6 is 8.46 Å². The van der Waals surface area contributed by atoms with Gasteiger partial charge in [0.1, 0.15) is 0 Å². The summed E-state index contributed by atoms with van der Waals surface area (Å²) in [7, 11) is 0.0967. The van der Waals surface area contributed by atoms with Gasteiger partial charge < -0.3 is 0 Å². The summed E-state index contributed by atoms with van der Waals surface area (Å²) < 4.78 is 11.3. The van der Waals surface area contributed by atoms with Crippen LogP contribution in [-0.2, 0) is 4.57 Å². The Bertz CT molecular complexity index is 260. The Morgan fingerprint density at radius 3 is 2.00 bits per heavy atom. The van der Waals surface area contributed by atoms with Crippen LogP contribution in [0.25, 0.3) is 0 Å². The number of nitrogens with zero attached hydrogens (tertiary/aromatic N) is 2. The van der Waals surface area contributed by atoms with E-state index in [1.165, 1.54) is 0 Å². The molecule has 0 heterocycles. The van der Waals surface area contributed by atoms with Crippen LogP contribution in [0, 0.1) is 22.7 Å². The average Bonchev–Trinajstić information content (AvgIpc) is 2.32. The molecular formula is C12H19N2OP. The van der Waals surface area contributed by atoms with Crippen LogP contribution in [0.15, 0.2) is 0 Å². The fourth-order valence-electron chi connectivity index (χ4n) is 1.79. The SMILES string of the molecule is CCCCCC(CCC#N)(CCC#N)P=O. The van der Waals surface area contributed by atoms with E-state index in [1.54, 1.807) is 0 Å². The molecule has 4 heteroatoms. The highest BCUT2D eigenvalue weighted by molar-refractivity contribution is 7.26. The van der Waals surface area contributed by atoms with Crippen LogP contribution in [0.5, 0.6) is 0 Å². The molecule has 0 aliphatic carbocycles. The van der Waals surface area contributed by atoms with Gasteiger partial charge in [-0.1, -0.05) is 26.2 Å². The molecule has 0 spiro atoms. The molecule has 16 heavy (non-hydrogen) atoms. The fourth-order valence-corrected chi connectivity index (χ4v) is 2.45. The lowest BCUT2D eigenvalue weighted by Crippen LogP contribution is -2.21. The molecule has 0 N–H and O–H groups in total. The maximum atomic E-state index is 11.3. The second-order valence-corrected chi connectivity index (χ2v) is 5.22. The quantitative estimate of drug-likeness (QED) is 0.446. The van der Waals surface area contributed by atoms with Crippen LogP contribution in [-0.4, -0.2) is 5.16 Å². The Labute approximate surface area is 99.7 Å². The second kappa shape index (κ2) is 9.32. The zero-order valence-electron chi connectivity index (χ0n) is 9.91. The second-order valence-electron chi connectivity index (χ2n) is 4.09. The number of hydrogen-bond acceptors (Lipinski definition) is 3. The summed E-state index contributed by atoms with van der Waals surface area (Å²) in [6, 6.07) is 4.20. The van der Waals surface area contributed by atoms with Crippen molar-refractivity contribution in [3.8, 4) is 12.1 Å². The van der Waals surface area contributed by atoms with E-state index < -0.39 is 0 Å². The Hall–Kier alpha value is -0.920. The topological polar surface area (TPSA) is 64.7 Å². The van der Waals surface area contributed by atoms with Gasteiger partial charge in [-0.3, -0.25) is 4.57 Å². The molecule has 0 atom stereocenters. The van der Waals surface area contributed by atoms with E-state index in [0.717, 1.165) is 25.7 Å². The smallest absolute Gasteiger partial charge is 0.162 e. The molecule has 88 valence electrons. The van der Waals surface area contributed by atoms with Crippen molar-refractivity contribution < 1.29 is 4.57 Å². The molecule has 0 bridgehead atoms. The molecule has 0 unspecified atom stereocenters. The van der Waals surface area contributed by atoms with Crippen LogP contribution in [0.2, 0.25) is 0 Å². The van der Waals surface area contributed by atoms with Crippen LogP contribution in [0.3, 0.4) is 0 Å². The third kappa shape index (κ3) is 5.84. The van der Waals surface area contributed by atoms with Crippen LogP contribution < -0.4 is 0 Å². The van der Waals surface area contributed by atoms with E-state index in [1.807, 2.05) is 0 Å². The normalized spacial score (nSPS) is 10.9. The first-order valence-electron chi connectivity index (χ1n) is 5.83. The molecule has 3 nitrogen and oxygen atoms in total. The molecule has 0 saturated heterocycles. The molecule has 0 rings (SSSR count). The molecule has 0 radical (unpaired) electrons. The predicted molar refractivity (Wildman–Crippen MR) is 64.2 cm³/mol. The molecule has 0 aliphatic rings. The van der Waals surface area contributed by atoms with Gasteiger partial charge in [0.15, 0.2) is 8.46 Å². The molecule has 0 fully saturated rings. The number of unbranched alkanes of at least 4 members (excludes halogenated alkanes) is 2. The summed E-state index contributed by atoms with van der Waals surface area (Å²) in [5.74, 6) is 0. The standard InChI is InChI=1S/C12H19N2OP/c1-2-3-4-7-12(16-15,8-5-10-13)9-6-11-14/h2-9H2,1H3. The van der Waals surface area contributed by atoms with E-state index in [2.05, 4.69) is 19.1 Å². The maximum absolute atomic E-state index is 11.3. The summed E-state index contributed by atoms with van der Waals surface area (Å²) in [6.07, 6.45) is 6.26. The van der Waals surface area contributed by atoms with E-state index in [-0.39, 0.29) is 13.6 Å². The van der Waals surface area contributed by atoms with Crippen molar-refractivity contribution in [2.75, 3.05) is 0 Å². The molecule has 0 aromatic rings. The van der Waals surface area contributed by atoms with Crippen molar-refractivity contribution >= 4 is 8.46 Å². The fraction of sp³-hybridized carbons (Fsp3) is 0.833. The Morgan fingerprint density at radius 1 is 1.06 bits per heavy atom. The number of rotatable bonds is 9. The van der Waals surface area contributed by atoms with Crippen molar-refractivity contribution in [2.24, 2.45) is 0 Å². The highest BCUT2D eigenvalue weighted by Gasteiger charge is 2.29. The Balaban J connectivity index is 4.35. The van der Waals surface area contributed by atoms with Gasteiger partial charge in [0, 0.05) is 12.8 Å². The largest absolute Gasteiger partial charge is 0.274 e. The molecular weight excluding hydrogens is 219 g/mol. The molecule has 0 saturated carbocycles. The predicted octanol–water partition coefficient (Wildman–Crippen LogP) is 4.20. The molecule has 0 amide bonds. The van der Waals surface area contributed by atoms with Crippen molar-refractivity contribution in [3.05, 3.63) is 0 Å². The third-order valence-corrected chi connectivity index (χ3v) is 3.90. The number of nitriles is 2. The Morgan fingerprint density at radius 2 is 1.62 bits per heavy atom. The number of hydrogen-bond donors (Lipinski definition) is 0. The van der Waals surface area contributed by atoms with Crippen molar-refractivity contribution in [1.29, 1.82) is 10.5 Å². The van der Waals surface area contributed by atoms with Crippen LogP contribution in [0.4, 0.5) is 0 Å². The summed E-state index contributed by atoms with van der Waals surface area (Å²) in [4.78, 5) is 0. The molecule has 0 aliphatic heterocycles. The average molecular weight is 238 g/mol. The lowest BCUT2D eigenvalue weighted by Gasteiger charge is -2.24. The lowest BCUT2D eigenvalue weighted by atomic mass is 9.91. The van der Waals surface area contributed by atoms with Gasteiger partial charge in [-0.05, 0) is 19.3 Å². The van der Waals surface area contributed by atoms with E-state index in [9.17, 15) is 4.57 Å². The van der Waals surface area contributed by atoms with Crippen molar-refractivity contribution in [1.82, 2.24) is 0 Å². The Kier molecular flexibility index (Phi) is 8.78. The summed E-state index contributed by atoms with van der Waals surface area (Å²) >= 11 is 0. The minimum atomic E-state index is -0.333. The van der Waals surface area contributed by atoms with Crippen molar-refractivity contribution in [3.63, 3.8) is 0 Å². The first-order chi connectivity index (χ1) is 7.74. The minimum Gasteiger partial charge on any atom is -0.274 e. The van der Waals surface area contributed by atoms with Gasteiger partial charge in [0.25, 0.3) is 0 Å². The van der Waals surface area contributed by atoms with Gasteiger partial charge in [0.05, 0.1) is 17.3 Å². The van der Waals surface area contributed by atoms with Crippen LogP contribution in [0.1, 0.15) is 58.3 Å². The summed E-state index contributed by atoms with van der Waals surface area (Å²) in [6.45, 7) is 2.13. The molecule has 0 aromatic carbocycles. The summed E-state index contributed by atoms with van der Waals surface area (Å²) in [5.41, 5.74) is 0. The summed E-state index contributed by atoms with van der Waals surface area (Å²) in [5, 5.41) is 16.9. The zero-order valence-corrected chi connectivity index (χ0v) is 10.8. The van der Waals surface area contributed by atoms with Gasteiger partial charge in [-0.15, -0.1) is 0 Å². The highest BCUT2D eigenvalue weighted by atomic mass is 31.1. The third-order valence-electron chi connectivity index (χ3n) is 2.84. The minimum absolute atomic E-state index is 0.0967. The highest BCUT2D eigenvalue weighted by Crippen LogP contribution is 2.38. The lowest BCUT2D eigenvalue weighted by molar-refractivity contribution is 0.434. The van der Waals surface area contributed by atoms with Gasteiger partial charge in [0.2, 0.25) is 0 Å². The first kappa shape index (κ1) is 15.1. The van der Waals surface area contributed by atoms with Gasteiger partial charge in [-0.25, -0.2) is 0 Å². The maximum Gasteiger partial charge on any atom is 0.162 e. The zero-order chi connectivity index (χ0) is 12.3. The van der Waals surface area contributed by atoms with E-state index >= 15 is 0 Å². The van der Waals surface area contributed by atoms with E-state index in [0.29, 0.717) is 25.7 Å². The molecule has 0 aromatic heterocycles. The first-order valence-corrected chi connectivity index (χ1v) is 6.64. The van der Waals surface area contributed by atoms with Crippen molar-refractivity contribution in [2.45, 2.75) is 63.4 Å². The van der Waals surface area contributed by atoms with Gasteiger partial charge >= 0.3 is 0 Å². The van der Waals surface area contributed by atoms with Gasteiger partial charge in [-0.2, -0.15) is 10.5 Å². The monoisotopic (exact) mass is 238 g/mol. The van der Waals surface area contributed by atoms with E-state index in [4.69, 9.17) is 10.5 Å².